The molecule has 0 radical (unpaired) electrons. The summed E-state index contributed by atoms with van der Waals surface area (Å²) in [6, 6.07) is 5.70. The number of nitrogens with zero attached hydrogens (tertiary/aromatic N) is 1. The van der Waals surface area contributed by atoms with Crippen LogP contribution in [-0.4, -0.2) is 17.5 Å². The largest absolute Gasteiger partial charge is 0.314 e. The van der Waals surface area contributed by atoms with Gasteiger partial charge in [-0.1, -0.05) is 48.2 Å². The smallest absolute Gasteiger partial charge is 0.270 e. The van der Waals surface area contributed by atoms with E-state index in [1.54, 1.807) is 12.1 Å². The Hall–Kier alpha value is -0.940. The zero-order chi connectivity index (χ0) is 15.2. The standard InChI is InChI=1S/C16H23BrN2O2/c1-2-18-16-7-5-3-4-6-13(16)10-12-8-9-14(19(20)21)11-15(12)17/h8-9,11,13,16,18H,2-7,10H2,1H3. The number of nitro groups is 1. The molecule has 0 heterocycles. The van der Waals surface area contributed by atoms with Crippen molar-refractivity contribution in [3.63, 3.8) is 0 Å². The second-order valence-corrected chi connectivity index (χ2v) is 6.65. The van der Waals surface area contributed by atoms with Crippen LogP contribution in [0.5, 0.6) is 0 Å². The van der Waals surface area contributed by atoms with Gasteiger partial charge >= 0.3 is 0 Å². The maximum atomic E-state index is 10.8. The molecule has 116 valence electrons. The van der Waals surface area contributed by atoms with Crippen molar-refractivity contribution < 1.29 is 4.92 Å². The third kappa shape index (κ3) is 4.51. The molecule has 1 aliphatic rings. The lowest BCUT2D eigenvalue weighted by atomic mass is 9.88. The molecule has 0 bridgehead atoms. The lowest BCUT2D eigenvalue weighted by Gasteiger charge is -2.26. The van der Waals surface area contributed by atoms with Crippen LogP contribution in [-0.2, 0) is 6.42 Å². The van der Waals surface area contributed by atoms with Crippen molar-refractivity contribution in [1.29, 1.82) is 0 Å². The minimum absolute atomic E-state index is 0.148. The van der Waals surface area contributed by atoms with Gasteiger partial charge in [-0.05, 0) is 37.3 Å². The number of benzene rings is 1. The highest BCUT2D eigenvalue weighted by Gasteiger charge is 2.24. The van der Waals surface area contributed by atoms with E-state index in [0.29, 0.717) is 12.0 Å². The fourth-order valence-electron chi connectivity index (χ4n) is 3.26. The molecular weight excluding hydrogens is 332 g/mol. The lowest BCUT2D eigenvalue weighted by Crippen LogP contribution is -2.36. The second-order valence-electron chi connectivity index (χ2n) is 5.80. The molecule has 1 N–H and O–H groups in total. The van der Waals surface area contributed by atoms with Crippen molar-refractivity contribution in [2.24, 2.45) is 5.92 Å². The van der Waals surface area contributed by atoms with Gasteiger partial charge in [-0.25, -0.2) is 0 Å². The van der Waals surface area contributed by atoms with Crippen LogP contribution in [0, 0.1) is 16.0 Å². The van der Waals surface area contributed by atoms with Gasteiger partial charge in [0.2, 0.25) is 0 Å². The van der Waals surface area contributed by atoms with Crippen molar-refractivity contribution in [2.45, 2.75) is 51.5 Å². The number of hydrogen-bond acceptors (Lipinski definition) is 3. The van der Waals surface area contributed by atoms with E-state index in [1.165, 1.54) is 37.7 Å². The SMILES string of the molecule is CCNC1CCCCCC1Cc1ccc([N+](=O)[O-])cc1Br. The van der Waals surface area contributed by atoms with Crippen LogP contribution in [0.15, 0.2) is 22.7 Å². The van der Waals surface area contributed by atoms with Crippen LogP contribution in [0.25, 0.3) is 0 Å². The molecule has 1 aliphatic carbocycles. The van der Waals surface area contributed by atoms with Gasteiger partial charge < -0.3 is 5.32 Å². The van der Waals surface area contributed by atoms with E-state index >= 15 is 0 Å². The molecule has 5 heteroatoms. The van der Waals surface area contributed by atoms with Crippen LogP contribution < -0.4 is 5.32 Å². The fourth-order valence-corrected chi connectivity index (χ4v) is 3.79. The predicted octanol–water partition coefficient (Wildman–Crippen LogP) is 4.46. The first-order chi connectivity index (χ1) is 10.1. The normalized spacial score (nSPS) is 22.8. The van der Waals surface area contributed by atoms with Gasteiger partial charge in [0, 0.05) is 22.6 Å². The van der Waals surface area contributed by atoms with E-state index in [9.17, 15) is 10.1 Å². The summed E-state index contributed by atoms with van der Waals surface area (Å²) in [6.07, 6.45) is 7.37. The van der Waals surface area contributed by atoms with E-state index in [-0.39, 0.29) is 10.6 Å². The van der Waals surface area contributed by atoms with Gasteiger partial charge in [-0.3, -0.25) is 10.1 Å². The maximum Gasteiger partial charge on any atom is 0.270 e. The van der Waals surface area contributed by atoms with Crippen molar-refractivity contribution in [3.05, 3.63) is 38.3 Å². The first-order valence-corrected chi connectivity index (χ1v) is 8.57. The van der Waals surface area contributed by atoms with Gasteiger partial charge in [0.15, 0.2) is 0 Å². The zero-order valence-electron chi connectivity index (χ0n) is 12.5. The molecule has 21 heavy (non-hydrogen) atoms. The molecule has 2 atom stereocenters. The van der Waals surface area contributed by atoms with E-state index in [0.717, 1.165) is 17.4 Å². The highest BCUT2D eigenvalue weighted by molar-refractivity contribution is 9.10. The fraction of sp³-hybridized carbons (Fsp3) is 0.625. The Balaban J connectivity index is 2.12. The minimum atomic E-state index is -0.346. The Bertz CT molecular complexity index is 493. The summed E-state index contributed by atoms with van der Waals surface area (Å²) in [4.78, 5) is 10.5. The van der Waals surface area contributed by atoms with Crippen LogP contribution >= 0.6 is 15.9 Å². The zero-order valence-corrected chi connectivity index (χ0v) is 14.1. The van der Waals surface area contributed by atoms with Crippen molar-refractivity contribution in [1.82, 2.24) is 5.32 Å². The maximum absolute atomic E-state index is 10.8. The number of non-ortho nitro benzene ring substituents is 1. The summed E-state index contributed by atoms with van der Waals surface area (Å²) >= 11 is 3.50. The number of rotatable bonds is 5. The van der Waals surface area contributed by atoms with E-state index in [2.05, 4.69) is 28.2 Å². The minimum Gasteiger partial charge on any atom is -0.314 e. The van der Waals surface area contributed by atoms with Crippen LogP contribution in [0.1, 0.15) is 44.6 Å². The highest BCUT2D eigenvalue weighted by Crippen LogP contribution is 2.30. The molecule has 0 spiro atoms. The van der Waals surface area contributed by atoms with Crippen molar-refractivity contribution in [3.8, 4) is 0 Å². The summed E-state index contributed by atoms with van der Waals surface area (Å²) < 4.78 is 0.858. The first-order valence-electron chi connectivity index (χ1n) is 7.78. The Morgan fingerprint density at radius 2 is 2.10 bits per heavy atom. The van der Waals surface area contributed by atoms with Crippen LogP contribution in [0.4, 0.5) is 5.69 Å². The van der Waals surface area contributed by atoms with Gasteiger partial charge in [-0.2, -0.15) is 0 Å². The number of halogens is 1. The molecule has 1 fully saturated rings. The Morgan fingerprint density at radius 3 is 2.76 bits per heavy atom. The molecule has 2 unspecified atom stereocenters. The van der Waals surface area contributed by atoms with Crippen molar-refractivity contribution >= 4 is 21.6 Å². The molecule has 1 aromatic carbocycles. The monoisotopic (exact) mass is 354 g/mol. The molecule has 4 nitrogen and oxygen atoms in total. The molecule has 0 aromatic heterocycles. The van der Waals surface area contributed by atoms with E-state index < -0.39 is 0 Å². The average molecular weight is 355 g/mol. The average Bonchev–Trinajstić information content (AvgIpc) is 2.67. The van der Waals surface area contributed by atoms with Crippen LogP contribution in [0.2, 0.25) is 0 Å². The summed E-state index contributed by atoms with van der Waals surface area (Å²) in [7, 11) is 0. The third-order valence-corrected chi connectivity index (χ3v) is 5.09. The third-order valence-electron chi connectivity index (χ3n) is 4.35. The molecule has 0 amide bonds. The number of nitro benzene ring substituents is 1. The molecule has 0 aliphatic heterocycles. The van der Waals surface area contributed by atoms with Gasteiger partial charge in [-0.15, -0.1) is 0 Å². The molecule has 2 rings (SSSR count). The summed E-state index contributed by atoms with van der Waals surface area (Å²) in [5.41, 5.74) is 1.32. The van der Waals surface area contributed by atoms with E-state index in [4.69, 9.17) is 0 Å². The predicted molar refractivity (Wildman–Crippen MR) is 88.5 cm³/mol. The topological polar surface area (TPSA) is 55.2 Å². The van der Waals surface area contributed by atoms with Gasteiger partial charge in [0.1, 0.15) is 0 Å². The molecular formula is C16H23BrN2O2. The highest BCUT2D eigenvalue weighted by atomic mass is 79.9. The molecule has 0 saturated heterocycles. The Morgan fingerprint density at radius 1 is 1.33 bits per heavy atom. The number of hydrogen-bond donors (Lipinski definition) is 1. The summed E-state index contributed by atoms with van der Waals surface area (Å²) in [6.45, 7) is 3.16. The lowest BCUT2D eigenvalue weighted by molar-refractivity contribution is -0.384. The van der Waals surface area contributed by atoms with Crippen LogP contribution in [0.3, 0.4) is 0 Å². The molecule has 1 aromatic rings. The molecule has 1 saturated carbocycles. The van der Waals surface area contributed by atoms with Gasteiger partial charge in [0.25, 0.3) is 5.69 Å². The van der Waals surface area contributed by atoms with E-state index in [1.807, 2.05) is 6.07 Å². The summed E-state index contributed by atoms with van der Waals surface area (Å²) in [5.74, 6) is 0.616. The summed E-state index contributed by atoms with van der Waals surface area (Å²) in [5, 5.41) is 14.4. The Labute approximate surface area is 134 Å². The second kappa shape index (κ2) is 7.90. The quantitative estimate of drug-likeness (QED) is 0.482. The number of nitrogens with one attached hydrogen (secondary N) is 1. The first kappa shape index (κ1) is 16.4. The van der Waals surface area contributed by atoms with Gasteiger partial charge in [0.05, 0.1) is 4.92 Å². The van der Waals surface area contributed by atoms with Crippen molar-refractivity contribution in [2.75, 3.05) is 6.54 Å². The Kier molecular flexibility index (Phi) is 6.18.